The Morgan fingerprint density at radius 3 is 2.20 bits per heavy atom. The van der Waals surface area contributed by atoms with Gasteiger partial charge in [-0.25, -0.2) is 8.42 Å². The molecule has 0 radical (unpaired) electrons. The van der Waals surface area contributed by atoms with Crippen LogP contribution in [0.15, 0.2) is 82.2 Å². The van der Waals surface area contributed by atoms with Crippen LogP contribution in [-0.4, -0.2) is 50.4 Å². The normalized spacial score (nSPS) is 12.4. The van der Waals surface area contributed by atoms with Crippen LogP contribution in [0.3, 0.4) is 0 Å². The lowest BCUT2D eigenvalue weighted by atomic mass is 10.1. The Morgan fingerprint density at radius 1 is 1.02 bits per heavy atom. The highest BCUT2D eigenvalue weighted by molar-refractivity contribution is 9.10. The van der Waals surface area contributed by atoms with Crippen molar-refractivity contribution in [2.45, 2.75) is 50.7 Å². The fraction of sp³-hybridized carbons (Fsp3) is 0.310. The quantitative estimate of drug-likeness (QED) is 0.307. The summed E-state index contributed by atoms with van der Waals surface area (Å²) in [6.07, 6.45) is 0. The lowest BCUT2D eigenvalue weighted by Gasteiger charge is -2.33. The van der Waals surface area contributed by atoms with E-state index in [1.165, 1.54) is 42.3 Å². The Labute approximate surface area is 249 Å². The van der Waals surface area contributed by atoms with Gasteiger partial charge in [0.1, 0.15) is 18.3 Å². The molecular weight excluding hydrogens is 618 g/mol. The van der Waals surface area contributed by atoms with Crippen LogP contribution in [0.2, 0.25) is 5.02 Å². The van der Waals surface area contributed by atoms with Gasteiger partial charge >= 0.3 is 0 Å². The van der Waals surface area contributed by atoms with E-state index in [4.69, 9.17) is 16.3 Å². The van der Waals surface area contributed by atoms with E-state index < -0.39 is 34.1 Å². The Morgan fingerprint density at radius 2 is 1.65 bits per heavy atom. The van der Waals surface area contributed by atoms with E-state index in [0.29, 0.717) is 10.8 Å². The first kappa shape index (κ1) is 31.4. The van der Waals surface area contributed by atoms with Crippen molar-refractivity contribution in [3.05, 3.63) is 87.9 Å². The number of halogens is 2. The number of hydrogen-bond donors (Lipinski definition) is 1. The van der Waals surface area contributed by atoms with Gasteiger partial charge in [-0.1, -0.05) is 45.7 Å². The lowest BCUT2D eigenvalue weighted by Crippen LogP contribution is -2.54. The number of rotatable bonds is 10. The van der Waals surface area contributed by atoms with Crippen molar-refractivity contribution < 1.29 is 22.7 Å². The van der Waals surface area contributed by atoms with Crippen molar-refractivity contribution in [3.8, 4) is 5.75 Å². The maximum atomic E-state index is 14.0. The molecule has 0 heterocycles. The maximum absolute atomic E-state index is 14.0. The Bertz CT molecular complexity index is 1440. The van der Waals surface area contributed by atoms with Crippen LogP contribution in [0.4, 0.5) is 5.69 Å². The summed E-state index contributed by atoms with van der Waals surface area (Å²) in [5, 5.41) is 3.22. The molecule has 214 valence electrons. The van der Waals surface area contributed by atoms with Gasteiger partial charge in [0.05, 0.1) is 17.7 Å². The second-order valence-electron chi connectivity index (χ2n) is 10.2. The van der Waals surface area contributed by atoms with Crippen LogP contribution in [0, 0.1) is 0 Å². The van der Waals surface area contributed by atoms with Crippen molar-refractivity contribution >= 4 is 55.1 Å². The van der Waals surface area contributed by atoms with E-state index in [0.717, 1.165) is 14.3 Å². The molecule has 0 aliphatic carbocycles. The number of amides is 2. The van der Waals surface area contributed by atoms with Crippen molar-refractivity contribution in [2.75, 3.05) is 18.0 Å². The number of nitrogens with one attached hydrogen (secondary N) is 1. The highest BCUT2D eigenvalue weighted by Crippen LogP contribution is 2.28. The molecule has 40 heavy (non-hydrogen) atoms. The van der Waals surface area contributed by atoms with Gasteiger partial charge in [-0.15, -0.1) is 0 Å². The third kappa shape index (κ3) is 8.22. The Kier molecular flexibility index (Phi) is 10.3. The Balaban J connectivity index is 2.03. The molecule has 1 N–H and O–H groups in total. The molecule has 3 aromatic carbocycles. The fourth-order valence-corrected chi connectivity index (χ4v) is 5.73. The minimum atomic E-state index is -4.21. The molecule has 0 aromatic heterocycles. The third-order valence-corrected chi connectivity index (χ3v) is 8.51. The number of nitrogens with zero attached hydrogens (tertiary/aromatic N) is 2. The van der Waals surface area contributed by atoms with Gasteiger partial charge in [0.15, 0.2) is 0 Å². The van der Waals surface area contributed by atoms with E-state index in [2.05, 4.69) is 21.2 Å². The molecule has 2 amide bonds. The van der Waals surface area contributed by atoms with E-state index >= 15 is 0 Å². The molecule has 0 saturated carbocycles. The van der Waals surface area contributed by atoms with Gasteiger partial charge < -0.3 is 15.0 Å². The molecule has 3 rings (SSSR count). The van der Waals surface area contributed by atoms with Crippen molar-refractivity contribution in [3.63, 3.8) is 0 Å². The lowest BCUT2D eigenvalue weighted by molar-refractivity contribution is -0.140. The van der Waals surface area contributed by atoms with Crippen LogP contribution in [-0.2, 0) is 26.2 Å². The van der Waals surface area contributed by atoms with E-state index in [1.807, 2.05) is 45.0 Å². The van der Waals surface area contributed by atoms with Crippen molar-refractivity contribution in [1.82, 2.24) is 10.2 Å². The molecule has 8 nitrogen and oxygen atoms in total. The molecule has 1 unspecified atom stereocenters. The molecular formula is C29H33BrClN3O5S. The third-order valence-electron chi connectivity index (χ3n) is 5.95. The number of methoxy groups -OCH3 is 1. The number of benzene rings is 3. The van der Waals surface area contributed by atoms with Crippen LogP contribution in [0.5, 0.6) is 5.75 Å². The van der Waals surface area contributed by atoms with Gasteiger partial charge in [-0.3, -0.25) is 13.9 Å². The topological polar surface area (TPSA) is 96.0 Å². The van der Waals surface area contributed by atoms with Gasteiger partial charge in [0.2, 0.25) is 11.8 Å². The minimum absolute atomic E-state index is 0.0286. The smallest absolute Gasteiger partial charge is 0.264 e. The summed E-state index contributed by atoms with van der Waals surface area (Å²) < 4.78 is 34.8. The number of hydrogen-bond acceptors (Lipinski definition) is 5. The summed E-state index contributed by atoms with van der Waals surface area (Å²) in [4.78, 5) is 28.5. The first-order valence-electron chi connectivity index (χ1n) is 12.5. The standard InChI is InChI=1S/C29H33BrClN3O5S/c1-20(28(36)32-29(2,3)4)33(18-21-9-11-22(30)12-10-21)27(35)19-34(24-8-6-7-23(31)17-24)40(37,38)26-15-13-25(39-5)14-16-26/h6-17,20H,18-19H2,1-5H3,(H,32,36). The molecule has 11 heteroatoms. The molecule has 0 aliphatic rings. The molecule has 0 fully saturated rings. The fourth-order valence-electron chi connectivity index (χ4n) is 3.88. The first-order chi connectivity index (χ1) is 18.7. The summed E-state index contributed by atoms with van der Waals surface area (Å²) in [5.74, 6) is -0.425. The van der Waals surface area contributed by atoms with E-state index in [-0.39, 0.29) is 23.0 Å². The van der Waals surface area contributed by atoms with Gasteiger partial charge in [-0.2, -0.15) is 0 Å². The number of carbonyl (C=O) groups is 2. The second kappa shape index (κ2) is 13.1. The van der Waals surface area contributed by atoms with Crippen LogP contribution < -0.4 is 14.4 Å². The number of anilines is 1. The summed E-state index contributed by atoms with van der Waals surface area (Å²) in [6, 6.07) is 18.6. The average molecular weight is 651 g/mol. The SMILES string of the molecule is COc1ccc(S(=O)(=O)N(CC(=O)N(Cc2ccc(Br)cc2)C(C)C(=O)NC(C)(C)C)c2cccc(Cl)c2)cc1. The zero-order chi connectivity index (χ0) is 29.7. The summed E-state index contributed by atoms with van der Waals surface area (Å²) in [5.41, 5.74) is 0.466. The summed E-state index contributed by atoms with van der Waals surface area (Å²) in [7, 11) is -2.73. The predicted octanol–water partition coefficient (Wildman–Crippen LogP) is 5.64. The maximum Gasteiger partial charge on any atom is 0.264 e. The highest BCUT2D eigenvalue weighted by atomic mass is 79.9. The second-order valence-corrected chi connectivity index (χ2v) is 13.4. The van der Waals surface area contributed by atoms with E-state index in [9.17, 15) is 18.0 Å². The molecule has 0 saturated heterocycles. The van der Waals surface area contributed by atoms with Crippen molar-refractivity contribution in [1.29, 1.82) is 0 Å². The zero-order valence-corrected chi connectivity index (χ0v) is 26.2. The van der Waals surface area contributed by atoms with Gasteiger partial charge in [-0.05, 0) is 87.9 Å². The Hall–Kier alpha value is -3.08. The predicted molar refractivity (Wildman–Crippen MR) is 161 cm³/mol. The molecule has 3 aromatic rings. The minimum Gasteiger partial charge on any atom is -0.497 e. The van der Waals surface area contributed by atoms with Crippen LogP contribution >= 0.6 is 27.5 Å². The van der Waals surface area contributed by atoms with Gasteiger partial charge in [0.25, 0.3) is 10.0 Å². The summed E-state index contributed by atoms with van der Waals surface area (Å²) in [6.45, 7) is 6.71. The largest absolute Gasteiger partial charge is 0.497 e. The molecule has 1 atom stereocenters. The monoisotopic (exact) mass is 649 g/mol. The zero-order valence-electron chi connectivity index (χ0n) is 23.0. The molecule has 0 aliphatic heterocycles. The van der Waals surface area contributed by atoms with Crippen molar-refractivity contribution in [2.24, 2.45) is 0 Å². The van der Waals surface area contributed by atoms with Gasteiger partial charge in [0, 0.05) is 21.6 Å². The number of ether oxygens (including phenoxy) is 1. The van der Waals surface area contributed by atoms with Crippen LogP contribution in [0.25, 0.3) is 0 Å². The molecule has 0 spiro atoms. The summed E-state index contributed by atoms with van der Waals surface area (Å²) >= 11 is 9.61. The van der Waals surface area contributed by atoms with E-state index in [1.54, 1.807) is 25.1 Å². The molecule has 0 bridgehead atoms. The first-order valence-corrected chi connectivity index (χ1v) is 15.1. The number of sulfonamides is 1. The van der Waals surface area contributed by atoms with Crippen LogP contribution in [0.1, 0.15) is 33.3 Å². The average Bonchev–Trinajstić information content (AvgIpc) is 2.89. The number of carbonyl (C=O) groups excluding carboxylic acids is 2. The highest BCUT2D eigenvalue weighted by Gasteiger charge is 2.33.